The highest BCUT2D eigenvalue weighted by atomic mass is 79.9. The number of nitrogens with two attached hydrogens (primary N) is 1. The SMILES string of the molecule is C#CCC(N)C(=O)Nc1cccc2cc(Br)cnc12. The second kappa shape index (κ2) is 5.83. The molecule has 1 amide bonds. The third-order valence-corrected chi connectivity index (χ3v) is 3.04. The van der Waals surface area contributed by atoms with Crippen molar-refractivity contribution in [2.45, 2.75) is 12.5 Å². The minimum Gasteiger partial charge on any atom is -0.323 e. The van der Waals surface area contributed by atoms with Crippen molar-refractivity contribution in [1.29, 1.82) is 0 Å². The van der Waals surface area contributed by atoms with Crippen LogP contribution in [0.3, 0.4) is 0 Å². The van der Waals surface area contributed by atoms with E-state index in [0.717, 1.165) is 9.86 Å². The number of terminal acetylenes is 1. The van der Waals surface area contributed by atoms with Gasteiger partial charge in [0.15, 0.2) is 0 Å². The van der Waals surface area contributed by atoms with E-state index in [1.807, 2.05) is 18.2 Å². The minimum absolute atomic E-state index is 0.204. The molecule has 5 heteroatoms. The van der Waals surface area contributed by atoms with E-state index in [-0.39, 0.29) is 12.3 Å². The molecule has 0 aliphatic rings. The molecule has 1 heterocycles. The molecule has 3 N–H and O–H groups in total. The lowest BCUT2D eigenvalue weighted by Gasteiger charge is -2.11. The number of halogens is 1. The van der Waals surface area contributed by atoms with Crippen LogP contribution in [0.5, 0.6) is 0 Å². The Hall–Kier alpha value is -1.90. The van der Waals surface area contributed by atoms with E-state index in [2.05, 4.69) is 32.2 Å². The highest BCUT2D eigenvalue weighted by Gasteiger charge is 2.13. The van der Waals surface area contributed by atoms with Crippen LogP contribution >= 0.6 is 15.9 Å². The average Bonchev–Trinajstić information content (AvgIpc) is 2.38. The maximum atomic E-state index is 11.8. The fraction of sp³-hybridized carbons (Fsp3) is 0.143. The number of pyridine rings is 1. The molecule has 0 bridgehead atoms. The molecule has 0 saturated carbocycles. The Balaban J connectivity index is 2.31. The van der Waals surface area contributed by atoms with Gasteiger partial charge in [-0.05, 0) is 28.1 Å². The molecule has 19 heavy (non-hydrogen) atoms. The molecule has 2 rings (SSSR count). The summed E-state index contributed by atoms with van der Waals surface area (Å²) in [6.45, 7) is 0. The van der Waals surface area contributed by atoms with Crippen LogP contribution < -0.4 is 11.1 Å². The van der Waals surface area contributed by atoms with Gasteiger partial charge in [-0.15, -0.1) is 12.3 Å². The molecule has 1 atom stereocenters. The van der Waals surface area contributed by atoms with Crippen molar-refractivity contribution in [2.24, 2.45) is 5.73 Å². The van der Waals surface area contributed by atoms with E-state index >= 15 is 0 Å². The Morgan fingerprint density at radius 3 is 3.11 bits per heavy atom. The molecular weight excluding hydrogens is 306 g/mol. The first-order valence-electron chi connectivity index (χ1n) is 5.66. The van der Waals surface area contributed by atoms with E-state index in [1.54, 1.807) is 12.3 Å². The van der Waals surface area contributed by atoms with Crippen LogP contribution in [0.4, 0.5) is 5.69 Å². The van der Waals surface area contributed by atoms with Gasteiger partial charge in [0.05, 0.1) is 17.2 Å². The van der Waals surface area contributed by atoms with E-state index in [1.165, 1.54) is 0 Å². The van der Waals surface area contributed by atoms with Crippen LogP contribution in [0.2, 0.25) is 0 Å². The molecular formula is C14H12BrN3O. The summed E-state index contributed by atoms with van der Waals surface area (Å²) in [5.74, 6) is 2.06. The molecule has 1 aromatic heterocycles. The Morgan fingerprint density at radius 1 is 1.58 bits per heavy atom. The number of rotatable bonds is 3. The molecule has 0 aliphatic heterocycles. The van der Waals surface area contributed by atoms with Gasteiger partial charge in [-0.3, -0.25) is 9.78 Å². The molecule has 1 aromatic carbocycles. The summed E-state index contributed by atoms with van der Waals surface area (Å²) in [4.78, 5) is 16.1. The quantitative estimate of drug-likeness (QED) is 0.853. The number of nitrogens with one attached hydrogen (secondary N) is 1. The molecule has 4 nitrogen and oxygen atoms in total. The Labute approximate surface area is 119 Å². The molecule has 2 aromatic rings. The molecule has 0 radical (unpaired) electrons. The van der Waals surface area contributed by atoms with Crippen LogP contribution in [0.25, 0.3) is 10.9 Å². The summed E-state index contributed by atoms with van der Waals surface area (Å²) >= 11 is 3.36. The van der Waals surface area contributed by atoms with Gasteiger partial charge in [0.2, 0.25) is 5.91 Å². The predicted molar refractivity (Wildman–Crippen MR) is 79.5 cm³/mol. The van der Waals surface area contributed by atoms with E-state index < -0.39 is 6.04 Å². The van der Waals surface area contributed by atoms with E-state index in [9.17, 15) is 4.79 Å². The topological polar surface area (TPSA) is 68.0 Å². The third kappa shape index (κ3) is 3.11. The van der Waals surface area contributed by atoms with Crippen molar-refractivity contribution in [3.63, 3.8) is 0 Å². The zero-order valence-corrected chi connectivity index (χ0v) is 11.6. The number of anilines is 1. The third-order valence-electron chi connectivity index (χ3n) is 2.61. The number of carbonyl (C=O) groups excluding carboxylic acids is 1. The van der Waals surface area contributed by atoms with Crippen molar-refractivity contribution in [3.05, 3.63) is 34.9 Å². The van der Waals surface area contributed by atoms with Gasteiger partial charge < -0.3 is 11.1 Å². The highest BCUT2D eigenvalue weighted by molar-refractivity contribution is 9.10. The van der Waals surface area contributed by atoms with Gasteiger partial charge in [0.1, 0.15) is 0 Å². The van der Waals surface area contributed by atoms with Crippen LogP contribution in [0.15, 0.2) is 34.9 Å². The summed E-state index contributed by atoms with van der Waals surface area (Å²) in [5.41, 5.74) is 7.00. The van der Waals surface area contributed by atoms with Gasteiger partial charge >= 0.3 is 0 Å². The smallest absolute Gasteiger partial charge is 0.242 e. The summed E-state index contributed by atoms with van der Waals surface area (Å²) in [7, 11) is 0. The monoisotopic (exact) mass is 317 g/mol. The molecule has 0 spiro atoms. The summed E-state index contributed by atoms with van der Waals surface area (Å²) in [5, 5.41) is 3.68. The number of hydrogen-bond donors (Lipinski definition) is 2. The highest BCUT2D eigenvalue weighted by Crippen LogP contribution is 2.23. The van der Waals surface area contributed by atoms with Crippen molar-refractivity contribution >= 4 is 38.4 Å². The lowest BCUT2D eigenvalue weighted by molar-refractivity contribution is -0.117. The number of para-hydroxylation sites is 1. The second-order valence-corrected chi connectivity index (χ2v) is 4.95. The lowest BCUT2D eigenvalue weighted by atomic mass is 10.1. The average molecular weight is 318 g/mol. The van der Waals surface area contributed by atoms with E-state index in [0.29, 0.717) is 11.2 Å². The Morgan fingerprint density at radius 2 is 2.37 bits per heavy atom. The lowest BCUT2D eigenvalue weighted by Crippen LogP contribution is -2.35. The summed E-state index contributed by atoms with van der Waals surface area (Å²) in [6.07, 6.45) is 7.02. The number of amides is 1. The van der Waals surface area contributed by atoms with Crippen LogP contribution in [0.1, 0.15) is 6.42 Å². The molecule has 96 valence electrons. The summed E-state index contributed by atoms with van der Waals surface area (Å²) in [6, 6.07) is 6.77. The maximum absolute atomic E-state index is 11.8. The van der Waals surface area contributed by atoms with Gasteiger partial charge in [0.25, 0.3) is 0 Å². The zero-order chi connectivity index (χ0) is 13.8. The van der Waals surface area contributed by atoms with Gasteiger partial charge in [0, 0.05) is 22.5 Å². The number of nitrogens with zero attached hydrogens (tertiary/aromatic N) is 1. The molecule has 0 aliphatic carbocycles. The van der Waals surface area contributed by atoms with Gasteiger partial charge in [-0.25, -0.2) is 0 Å². The Bertz CT molecular complexity index is 663. The number of benzene rings is 1. The Kier molecular flexibility index (Phi) is 4.15. The van der Waals surface area contributed by atoms with Crippen molar-refractivity contribution in [1.82, 2.24) is 4.98 Å². The first-order chi connectivity index (χ1) is 9.11. The first-order valence-corrected chi connectivity index (χ1v) is 6.45. The molecule has 1 unspecified atom stereocenters. The predicted octanol–water partition coefficient (Wildman–Crippen LogP) is 2.29. The number of fused-ring (bicyclic) bond motifs is 1. The first kappa shape index (κ1) is 13.5. The van der Waals surface area contributed by atoms with Crippen molar-refractivity contribution in [2.75, 3.05) is 5.32 Å². The number of aromatic nitrogens is 1. The standard InChI is InChI=1S/C14H12BrN3O/c1-2-4-11(16)14(19)18-12-6-3-5-9-7-10(15)8-17-13(9)12/h1,3,5-8,11H,4,16H2,(H,18,19). The summed E-state index contributed by atoms with van der Waals surface area (Å²) < 4.78 is 0.882. The molecule has 0 fully saturated rings. The van der Waals surface area contributed by atoms with Crippen molar-refractivity contribution < 1.29 is 4.79 Å². The fourth-order valence-electron chi connectivity index (χ4n) is 1.68. The van der Waals surface area contributed by atoms with Gasteiger partial charge in [-0.2, -0.15) is 0 Å². The second-order valence-electron chi connectivity index (χ2n) is 4.03. The van der Waals surface area contributed by atoms with Crippen LogP contribution in [-0.2, 0) is 4.79 Å². The zero-order valence-electron chi connectivity index (χ0n) is 10.1. The van der Waals surface area contributed by atoms with Gasteiger partial charge in [-0.1, -0.05) is 12.1 Å². The maximum Gasteiger partial charge on any atom is 0.242 e. The normalized spacial score (nSPS) is 11.8. The number of carbonyl (C=O) groups is 1. The van der Waals surface area contributed by atoms with Crippen LogP contribution in [-0.4, -0.2) is 16.9 Å². The van der Waals surface area contributed by atoms with E-state index in [4.69, 9.17) is 12.2 Å². The van der Waals surface area contributed by atoms with Crippen LogP contribution in [0, 0.1) is 12.3 Å². The van der Waals surface area contributed by atoms with Crippen molar-refractivity contribution in [3.8, 4) is 12.3 Å². The largest absolute Gasteiger partial charge is 0.323 e. The molecule has 0 saturated heterocycles. The fourth-order valence-corrected chi connectivity index (χ4v) is 2.03. The minimum atomic E-state index is -0.712. The number of hydrogen-bond acceptors (Lipinski definition) is 3.